The van der Waals surface area contributed by atoms with Gasteiger partial charge in [0.1, 0.15) is 6.10 Å². The average Bonchev–Trinajstić information content (AvgIpc) is 3.21. The Labute approximate surface area is 132 Å². The summed E-state index contributed by atoms with van der Waals surface area (Å²) in [5.41, 5.74) is 0. The van der Waals surface area contributed by atoms with Gasteiger partial charge in [-0.15, -0.1) is 0 Å². The van der Waals surface area contributed by atoms with Crippen molar-refractivity contribution in [2.24, 2.45) is 5.92 Å². The quantitative estimate of drug-likeness (QED) is 0.340. The van der Waals surface area contributed by atoms with E-state index in [4.69, 9.17) is 4.74 Å². The fraction of sp³-hybridized carbons (Fsp3) is 1.00. The molecule has 0 unspecified atom stereocenters. The molecule has 1 saturated heterocycles. The van der Waals surface area contributed by atoms with Crippen LogP contribution in [0.15, 0.2) is 0 Å². The van der Waals surface area contributed by atoms with Crippen LogP contribution in [0.1, 0.15) is 97.8 Å². The molecule has 1 N–H and O–H groups in total. The highest BCUT2D eigenvalue weighted by atomic mass is 16.6. The average molecular weight is 299 g/mol. The number of epoxide rings is 1. The lowest BCUT2D eigenvalue weighted by Gasteiger charge is -2.08. The lowest BCUT2D eigenvalue weighted by atomic mass is 10.0. The van der Waals surface area contributed by atoms with E-state index in [1.54, 1.807) is 0 Å². The SMILES string of the molecule is CCCCCCCCCC[C@@H]1O[C@@H]1[C@@H](O)CCCC(C)C. The highest BCUT2D eigenvalue weighted by molar-refractivity contribution is 4.90. The van der Waals surface area contributed by atoms with Crippen molar-refractivity contribution in [3.05, 3.63) is 0 Å². The van der Waals surface area contributed by atoms with Crippen LogP contribution in [0.4, 0.5) is 0 Å². The Morgan fingerprint density at radius 3 is 2.10 bits per heavy atom. The zero-order valence-electron chi connectivity index (χ0n) is 14.7. The van der Waals surface area contributed by atoms with Crippen molar-refractivity contribution in [3.8, 4) is 0 Å². The van der Waals surface area contributed by atoms with Crippen LogP contribution in [0.5, 0.6) is 0 Å². The maximum Gasteiger partial charge on any atom is 0.110 e. The van der Waals surface area contributed by atoms with E-state index in [0.717, 1.165) is 25.2 Å². The Morgan fingerprint density at radius 2 is 1.48 bits per heavy atom. The molecular formula is C19H38O2. The minimum Gasteiger partial charge on any atom is -0.390 e. The van der Waals surface area contributed by atoms with Gasteiger partial charge in [-0.2, -0.15) is 0 Å². The van der Waals surface area contributed by atoms with Crippen LogP contribution >= 0.6 is 0 Å². The van der Waals surface area contributed by atoms with Crippen molar-refractivity contribution >= 4 is 0 Å². The van der Waals surface area contributed by atoms with E-state index in [-0.39, 0.29) is 12.2 Å². The molecule has 2 nitrogen and oxygen atoms in total. The topological polar surface area (TPSA) is 32.8 Å². The summed E-state index contributed by atoms with van der Waals surface area (Å²) in [5, 5.41) is 10.1. The molecule has 1 heterocycles. The van der Waals surface area contributed by atoms with Crippen LogP contribution in [0, 0.1) is 5.92 Å². The predicted molar refractivity (Wildman–Crippen MR) is 90.6 cm³/mol. The number of aliphatic hydroxyl groups is 1. The largest absolute Gasteiger partial charge is 0.390 e. The molecule has 1 rings (SSSR count). The smallest absolute Gasteiger partial charge is 0.110 e. The summed E-state index contributed by atoms with van der Waals surface area (Å²) in [7, 11) is 0. The second-order valence-corrected chi connectivity index (χ2v) is 7.29. The van der Waals surface area contributed by atoms with Crippen molar-refractivity contribution in [2.45, 2.75) is 116 Å². The van der Waals surface area contributed by atoms with Gasteiger partial charge in [-0.25, -0.2) is 0 Å². The Bertz CT molecular complexity index is 240. The lowest BCUT2D eigenvalue weighted by molar-refractivity contribution is 0.122. The third-order valence-electron chi connectivity index (χ3n) is 4.62. The zero-order chi connectivity index (χ0) is 15.5. The van der Waals surface area contributed by atoms with Crippen LogP contribution in [0.2, 0.25) is 0 Å². The summed E-state index contributed by atoms with van der Waals surface area (Å²) >= 11 is 0. The van der Waals surface area contributed by atoms with Gasteiger partial charge in [-0.05, 0) is 18.8 Å². The Hall–Kier alpha value is -0.0800. The maximum atomic E-state index is 10.1. The number of hydrogen-bond donors (Lipinski definition) is 1. The Balaban J connectivity index is 1.87. The van der Waals surface area contributed by atoms with Crippen molar-refractivity contribution in [2.75, 3.05) is 0 Å². The fourth-order valence-corrected chi connectivity index (χ4v) is 3.11. The first kappa shape index (κ1) is 19.0. The molecule has 21 heavy (non-hydrogen) atoms. The third-order valence-corrected chi connectivity index (χ3v) is 4.62. The molecule has 0 radical (unpaired) electrons. The van der Waals surface area contributed by atoms with E-state index in [2.05, 4.69) is 20.8 Å². The van der Waals surface area contributed by atoms with E-state index in [9.17, 15) is 5.11 Å². The Kier molecular flexibility index (Phi) is 10.4. The van der Waals surface area contributed by atoms with Crippen LogP contribution < -0.4 is 0 Å². The van der Waals surface area contributed by atoms with E-state index in [0.29, 0.717) is 6.10 Å². The van der Waals surface area contributed by atoms with E-state index in [1.807, 2.05) is 0 Å². The molecule has 1 fully saturated rings. The molecule has 0 spiro atoms. The summed E-state index contributed by atoms with van der Waals surface area (Å²) in [6, 6.07) is 0. The minimum absolute atomic E-state index is 0.154. The molecule has 2 heteroatoms. The van der Waals surface area contributed by atoms with Gasteiger partial charge in [0.2, 0.25) is 0 Å². The van der Waals surface area contributed by atoms with Crippen LogP contribution in [-0.4, -0.2) is 23.4 Å². The molecule has 0 aromatic heterocycles. The van der Waals surface area contributed by atoms with E-state index < -0.39 is 0 Å². The summed E-state index contributed by atoms with van der Waals surface area (Å²) in [5.74, 6) is 0.741. The van der Waals surface area contributed by atoms with Gasteiger partial charge in [0.25, 0.3) is 0 Å². The molecule has 0 bridgehead atoms. The fourth-order valence-electron chi connectivity index (χ4n) is 3.11. The number of rotatable bonds is 14. The molecule has 0 aromatic carbocycles. The van der Waals surface area contributed by atoms with Gasteiger partial charge in [0.15, 0.2) is 0 Å². The van der Waals surface area contributed by atoms with E-state index in [1.165, 1.54) is 57.8 Å². The highest BCUT2D eigenvalue weighted by Gasteiger charge is 2.42. The maximum absolute atomic E-state index is 10.1. The van der Waals surface area contributed by atoms with Crippen LogP contribution in [-0.2, 0) is 4.74 Å². The van der Waals surface area contributed by atoms with Crippen LogP contribution in [0.25, 0.3) is 0 Å². The first-order chi connectivity index (χ1) is 10.1. The lowest BCUT2D eigenvalue weighted by Crippen LogP contribution is -2.17. The Morgan fingerprint density at radius 1 is 0.857 bits per heavy atom. The molecule has 0 aromatic rings. The van der Waals surface area contributed by atoms with Crippen molar-refractivity contribution < 1.29 is 9.84 Å². The highest BCUT2D eigenvalue weighted by Crippen LogP contribution is 2.32. The predicted octanol–water partition coefficient (Wildman–Crippen LogP) is 5.47. The molecule has 1 aliphatic heterocycles. The van der Waals surface area contributed by atoms with Crippen LogP contribution in [0.3, 0.4) is 0 Å². The van der Waals surface area contributed by atoms with Gasteiger partial charge in [-0.3, -0.25) is 0 Å². The number of aliphatic hydroxyl groups excluding tert-OH is 1. The molecular weight excluding hydrogens is 260 g/mol. The van der Waals surface area contributed by atoms with E-state index >= 15 is 0 Å². The van der Waals surface area contributed by atoms with Gasteiger partial charge in [-0.1, -0.05) is 85.0 Å². The first-order valence-electron chi connectivity index (χ1n) is 9.48. The second kappa shape index (κ2) is 11.5. The minimum atomic E-state index is -0.220. The number of hydrogen-bond acceptors (Lipinski definition) is 2. The monoisotopic (exact) mass is 298 g/mol. The van der Waals surface area contributed by atoms with Gasteiger partial charge in [0, 0.05) is 0 Å². The first-order valence-corrected chi connectivity index (χ1v) is 9.48. The molecule has 0 saturated carbocycles. The van der Waals surface area contributed by atoms with Gasteiger partial charge >= 0.3 is 0 Å². The zero-order valence-corrected chi connectivity index (χ0v) is 14.7. The molecule has 126 valence electrons. The molecule has 3 atom stereocenters. The summed E-state index contributed by atoms with van der Waals surface area (Å²) in [4.78, 5) is 0. The summed E-state index contributed by atoms with van der Waals surface area (Å²) in [6.45, 7) is 6.75. The third kappa shape index (κ3) is 9.52. The normalized spacial score (nSPS) is 22.7. The second-order valence-electron chi connectivity index (χ2n) is 7.29. The number of ether oxygens (including phenoxy) is 1. The van der Waals surface area contributed by atoms with Gasteiger partial charge < -0.3 is 9.84 Å². The molecule has 1 aliphatic rings. The van der Waals surface area contributed by atoms with Crippen molar-refractivity contribution in [3.63, 3.8) is 0 Å². The standard InChI is InChI=1S/C19H38O2/c1-4-5-6-7-8-9-10-11-15-18-19(21-18)17(20)14-12-13-16(2)3/h16-20H,4-15H2,1-3H3/t17-,18-,19+/m0/s1. The number of unbranched alkanes of at least 4 members (excludes halogenated alkanes) is 7. The molecule has 0 aliphatic carbocycles. The summed E-state index contributed by atoms with van der Waals surface area (Å²) in [6.07, 6.45) is 15.6. The summed E-state index contributed by atoms with van der Waals surface area (Å²) < 4.78 is 5.65. The van der Waals surface area contributed by atoms with Gasteiger partial charge in [0.05, 0.1) is 12.2 Å². The van der Waals surface area contributed by atoms with Crippen molar-refractivity contribution in [1.82, 2.24) is 0 Å². The van der Waals surface area contributed by atoms with Crippen molar-refractivity contribution in [1.29, 1.82) is 0 Å². The molecule has 0 amide bonds.